The van der Waals surface area contributed by atoms with Crippen molar-refractivity contribution in [1.29, 1.82) is 0 Å². The van der Waals surface area contributed by atoms with Gasteiger partial charge >= 0.3 is 8.80 Å². The number of unbranched alkanes of at least 4 members (excludes halogenated alkanes) is 1. The summed E-state index contributed by atoms with van der Waals surface area (Å²) in [5.74, 6) is 0. The van der Waals surface area contributed by atoms with Gasteiger partial charge in [-0.05, 0) is 33.1 Å². The van der Waals surface area contributed by atoms with Crippen molar-refractivity contribution in [3.63, 3.8) is 0 Å². The summed E-state index contributed by atoms with van der Waals surface area (Å²) in [7, 11) is -2.36. The minimum absolute atomic E-state index is 0.530. The van der Waals surface area contributed by atoms with Gasteiger partial charge in [0.1, 0.15) is 0 Å². The molecule has 1 atom stereocenters. The lowest BCUT2D eigenvalue weighted by Crippen LogP contribution is -2.45. The molecule has 1 aliphatic heterocycles. The van der Waals surface area contributed by atoms with E-state index >= 15 is 0 Å². The summed E-state index contributed by atoms with van der Waals surface area (Å²) in [4.78, 5) is 0. The molecule has 0 bridgehead atoms. The lowest BCUT2D eigenvalue weighted by Gasteiger charge is -2.27. The van der Waals surface area contributed by atoms with Gasteiger partial charge in [0.25, 0.3) is 0 Å². The van der Waals surface area contributed by atoms with Crippen LogP contribution in [0.5, 0.6) is 0 Å². The molecule has 5 heteroatoms. The highest BCUT2D eigenvalue weighted by molar-refractivity contribution is 6.60. The van der Waals surface area contributed by atoms with Crippen molar-refractivity contribution >= 4 is 8.80 Å². The Bertz CT molecular complexity index is 191. The average molecular weight is 262 g/mol. The maximum atomic E-state index is 5.92. The fourth-order valence-corrected chi connectivity index (χ4v) is 4.00. The van der Waals surface area contributed by atoms with Crippen LogP contribution in [0.15, 0.2) is 0 Å². The standard InChI is InChI=1S/C12H26O4Si/c1-4-14-17(6-3,15-5-2)16-10-8-7-9-12-11-13-12/h12H,4-11H2,1-3H3. The summed E-state index contributed by atoms with van der Waals surface area (Å²) in [6.07, 6.45) is 3.92. The normalized spacial score (nSPS) is 19.6. The predicted octanol–water partition coefficient (Wildman–Crippen LogP) is 2.60. The highest BCUT2D eigenvalue weighted by atomic mass is 28.4. The molecule has 1 aliphatic rings. The van der Waals surface area contributed by atoms with Crippen molar-refractivity contribution < 1.29 is 18.0 Å². The molecular formula is C12H26O4Si. The highest BCUT2D eigenvalue weighted by Gasteiger charge is 2.38. The van der Waals surface area contributed by atoms with Gasteiger partial charge in [-0.25, -0.2) is 0 Å². The number of ether oxygens (including phenoxy) is 1. The van der Waals surface area contributed by atoms with Crippen LogP contribution >= 0.6 is 0 Å². The van der Waals surface area contributed by atoms with Crippen LogP contribution in [0.25, 0.3) is 0 Å². The van der Waals surface area contributed by atoms with Gasteiger partial charge in [0, 0.05) is 25.9 Å². The van der Waals surface area contributed by atoms with Crippen molar-refractivity contribution in [3.05, 3.63) is 0 Å². The number of epoxide rings is 1. The third-order valence-electron chi connectivity index (χ3n) is 2.81. The van der Waals surface area contributed by atoms with Gasteiger partial charge in [-0.3, -0.25) is 0 Å². The fourth-order valence-electron chi connectivity index (χ4n) is 1.81. The van der Waals surface area contributed by atoms with Crippen molar-refractivity contribution in [1.82, 2.24) is 0 Å². The van der Waals surface area contributed by atoms with Gasteiger partial charge in [-0.15, -0.1) is 0 Å². The zero-order valence-corrected chi connectivity index (χ0v) is 12.4. The first-order valence-corrected chi connectivity index (χ1v) is 8.73. The van der Waals surface area contributed by atoms with E-state index in [0.717, 1.165) is 38.5 Å². The third-order valence-corrected chi connectivity index (χ3v) is 5.77. The van der Waals surface area contributed by atoms with Gasteiger partial charge < -0.3 is 18.0 Å². The highest BCUT2D eigenvalue weighted by Crippen LogP contribution is 2.18. The van der Waals surface area contributed by atoms with E-state index in [1.54, 1.807) is 0 Å². The van der Waals surface area contributed by atoms with E-state index in [1.807, 2.05) is 13.8 Å². The molecule has 102 valence electrons. The van der Waals surface area contributed by atoms with Crippen LogP contribution in [0.1, 0.15) is 40.0 Å². The zero-order chi connectivity index (χ0) is 12.6. The lowest BCUT2D eigenvalue weighted by atomic mass is 10.2. The van der Waals surface area contributed by atoms with Crippen molar-refractivity contribution in [3.8, 4) is 0 Å². The Morgan fingerprint density at radius 1 is 1.06 bits per heavy atom. The molecule has 0 aromatic rings. The smallest absolute Gasteiger partial charge is 0.374 e. The maximum Gasteiger partial charge on any atom is 0.500 e. The summed E-state index contributed by atoms with van der Waals surface area (Å²) >= 11 is 0. The molecule has 17 heavy (non-hydrogen) atoms. The number of rotatable bonds is 11. The van der Waals surface area contributed by atoms with Crippen LogP contribution in [-0.4, -0.2) is 41.3 Å². The largest absolute Gasteiger partial charge is 0.500 e. The van der Waals surface area contributed by atoms with E-state index in [9.17, 15) is 0 Å². The molecule has 0 aliphatic carbocycles. The molecule has 1 heterocycles. The quantitative estimate of drug-likeness (QED) is 0.326. The topological polar surface area (TPSA) is 40.2 Å². The molecule has 0 aromatic heterocycles. The minimum Gasteiger partial charge on any atom is -0.374 e. The monoisotopic (exact) mass is 262 g/mol. The molecular weight excluding hydrogens is 236 g/mol. The Balaban J connectivity index is 2.16. The summed E-state index contributed by atoms with van der Waals surface area (Å²) in [5.41, 5.74) is 0. The molecule has 1 unspecified atom stereocenters. The molecule has 0 N–H and O–H groups in total. The van der Waals surface area contributed by atoms with E-state index in [4.69, 9.17) is 18.0 Å². The van der Waals surface area contributed by atoms with Crippen LogP contribution in [0.4, 0.5) is 0 Å². The second kappa shape index (κ2) is 8.21. The molecule has 1 saturated heterocycles. The SMILES string of the molecule is CCO[Si](CC)(OCC)OCCCCC1CO1. The summed E-state index contributed by atoms with van der Waals surface area (Å²) in [6, 6.07) is 0.848. The minimum atomic E-state index is -2.36. The molecule has 0 spiro atoms. The second-order valence-electron chi connectivity index (χ2n) is 4.20. The summed E-state index contributed by atoms with van der Waals surface area (Å²) in [5, 5.41) is 0. The lowest BCUT2D eigenvalue weighted by molar-refractivity contribution is 0.0668. The number of hydrogen-bond donors (Lipinski definition) is 0. The van der Waals surface area contributed by atoms with Crippen LogP contribution in [0.3, 0.4) is 0 Å². The maximum absolute atomic E-state index is 5.92. The van der Waals surface area contributed by atoms with Crippen LogP contribution in [0, 0.1) is 0 Å². The molecule has 0 saturated carbocycles. The Labute approximate surface area is 106 Å². The molecule has 0 radical (unpaired) electrons. The van der Waals surface area contributed by atoms with Crippen LogP contribution in [0.2, 0.25) is 6.04 Å². The summed E-state index contributed by atoms with van der Waals surface area (Å²) < 4.78 is 22.5. The average Bonchev–Trinajstić information content (AvgIpc) is 3.13. The Hall–Kier alpha value is 0.0569. The van der Waals surface area contributed by atoms with E-state index in [2.05, 4.69) is 6.92 Å². The van der Waals surface area contributed by atoms with Crippen LogP contribution in [-0.2, 0) is 18.0 Å². The molecule has 4 nitrogen and oxygen atoms in total. The Morgan fingerprint density at radius 2 is 1.71 bits per heavy atom. The number of hydrogen-bond acceptors (Lipinski definition) is 4. The van der Waals surface area contributed by atoms with E-state index in [0.29, 0.717) is 19.3 Å². The van der Waals surface area contributed by atoms with Gasteiger partial charge in [0.15, 0.2) is 0 Å². The van der Waals surface area contributed by atoms with Crippen molar-refractivity contribution in [2.75, 3.05) is 26.4 Å². The second-order valence-corrected chi connectivity index (χ2v) is 7.14. The van der Waals surface area contributed by atoms with Gasteiger partial charge in [-0.2, -0.15) is 0 Å². The molecule has 1 rings (SSSR count). The first kappa shape index (κ1) is 15.1. The molecule has 1 fully saturated rings. The summed E-state index contributed by atoms with van der Waals surface area (Å²) in [6.45, 7) is 9.08. The predicted molar refractivity (Wildman–Crippen MR) is 69.0 cm³/mol. The Kier molecular flexibility index (Phi) is 7.30. The van der Waals surface area contributed by atoms with E-state index < -0.39 is 8.80 Å². The van der Waals surface area contributed by atoms with Crippen LogP contribution < -0.4 is 0 Å². The van der Waals surface area contributed by atoms with Gasteiger partial charge in [0.2, 0.25) is 0 Å². The Morgan fingerprint density at radius 3 is 2.18 bits per heavy atom. The van der Waals surface area contributed by atoms with Crippen molar-refractivity contribution in [2.24, 2.45) is 0 Å². The van der Waals surface area contributed by atoms with Gasteiger partial charge in [-0.1, -0.05) is 6.92 Å². The molecule has 0 amide bonds. The first-order valence-electron chi connectivity index (χ1n) is 6.79. The van der Waals surface area contributed by atoms with Gasteiger partial charge in [0.05, 0.1) is 12.7 Å². The third kappa shape index (κ3) is 5.97. The van der Waals surface area contributed by atoms with Crippen molar-refractivity contribution in [2.45, 2.75) is 52.2 Å². The zero-order valence-electron chi connectivity index (χ0n) is 11.4. The van der Waals surface area contributed by atoms with E-state index in [1.165, 1.54) is 0 Å². The fraction of sp³-hybridized carbons (Fsp3) is 1.00. The van der Waals surface area contributed by atoms with E-state index in [-0.39, 0.29) is 0 Å². The first-order chi connectivity index (χ1) is 8.26. The molecule has 0 aromatic carbocycles.